The lowest BCUT2D eigenvalue weighted by Crippen LogP contribution is -2.18. The van der Waals surface area contributed by atoms with Gasteiger partial charge in [-0.25, -0.2) is 4.79 Å². The molecule has 0 bridgehead atoms. The third kappa shape index (κ3) is 5.01. The standard InChI is InChI=1S/C20H28N4O3S2/c1-5-9-24-13(4)22-23-20(24)28-11-16(25)21-18-17(19(26)27-6-2)14-8-7-12(3)10-15(14)29-18/h12H,5-11H2,1-4H3,(H,21,25). The summed E-state index contributed by atoms with van der Waals surface area (Å²) >= 11 is 2.87. The first-order chi connectivity index (χ1) is 13.9. The zero-order chi connectivity index (χ0) is 21.0. The highest BCUT2D eigenvalue weighted by molar-refractivity contribution is 7.99. The number of nitrogens with zero attached hydrogens (tertiary/aromatic N) is 3. The first kappa shape index (κ1) is 21.8. The van der Waals surface area contributed by atoms with Crippen molar-refractivity contribution in [1.82, 2.24) is 14.8 Å². The van der Waals surface area contributed by atoms with Crippen molar-refractivity contribution in [3.05, 3.63) is 21.8 Å². The van der Waals surface area contributed by atoms with Crippen molar-refractivity contribution in [1.29, 1.82) is 0 Å². The minimum Gasteiger partial charge on any atom is -0.462 e. The number of amides is 1. The number of esters is 1. The third-order valence-electron chi connectivity index (χ3n) is 4.93. The number of hydrogen-bond acceptors (Lipinski definition) is 7. The van der Waals surface area contributed by atoms with Crippen molar-refractivity contribution in [3.8, 4) is 0 Å². The highest BCUT2D eigenvalue weighted by Gasteiger charge is 2.29. The molecule has 0 fully saturated rings. The second-order valence-electron chi connectivity index (χ2n) is 7.29. The van der Waals surface area contributed by atoms with Crippen LogP contribution in [0.15, 0.2) is 5.16 Å². The lowest BCUT2D eigenvalue weighted by Gasteiger charge is -2.18. The van der Waals surface area contributed by atoms with Gasteiger partial charge in [-0.2, -0.15) is 0 Å². The van der Waals surface area contributed by atoms with Crippen LogP contribution in [-0.4, -0.2) is 39.0 Å². The van der Waals surface area contributed by atoms with Gasteiger partial charge in [-0.1, -0.05) is 25.6 Å². The minimum absolute atomic E-state index is 0.157. The van der Waals surface area contributed by atoms with E-state index in [0.29, 0.717) is 23.1 Å². The van der Waals surface area contributed by atoms with Gasteiger partial charge in [0.05, 0.1) is 17.9 Å². The quantitative estimate of drug-likeness (QED) is 0.495. The maximum absolute atomic E-state index is 12.6. The highest BCUT2D eigenvalue weighted by Crippen LogP contribution is 2.40. The molecule has 1 amide bonds. The zero-order valence-corrected chi connectivity index (χ0v) is 19.0. The molecule has 0 radical (unpaired) electrons. The van der Waals surface area contributed by atoms with Gasteiger partial charge in [0.25, 0.3) is 0 Å². The van der Waals surface area contributed by atoms with Gasteiger partial charge in [0.1, 0.15) is 10.8 Å². The summed E-state index contributed by atoms with van der Waals surface area (Å²) in [5.74, 6) is 1.14. The number of thiophene rings is 1. The van der Waals surface area contributed by atoms with E-state index >= 15 is 0 Å². The molecule has 2 aromatic heterocycles. The van der Waals surface area contributed by atoms with Crippen LogP contribution in [0.5, 0.6) is 0 Å². The van der Waals surface area contributed by atoms with Gasteiger partial charge in [-0.3, -0.25) is 4.79 Å². The number of nitrogens with one attached hydrogen (secondary N) is 1. The SMILES string of the molecule is CCCn1c(C)nnc1SCC(=O)Nc1sc2c(c1C(=O)OCC)CCC(C)C2. The number of carbonyl (C=O) groups excluding carboxylic acids is 2. The monoisotopic (exact) mass is 436 g/mol. The van der Waals surface area contributed by atoms with E-state index in [1.165, 1.54) is 28.0 Å². The molecule has 1 N–H and O–H groups in total. The molecular weight excluding hydrogens is 408 g/mol. The van der Waals surface area contributed by atoms with E-state index in [1.807, 2.05) is 11.5 Å². The van der Waals surface area contributed by atoms with Crippen molar-refractivity contribution >= 4 is 40.0 Å². The number of carbonyl (C=O) groups is 2. The van der Waals surface area contributed by atoms with Crippen LogP contribution in [-0.2, 0) is 28.9 Å². The fraction of sp³-hybridized carbons (Fsp3) is 0.600. The van der Waals surface area contributed by atoms with Crippen LogP contribution < -0.4 is 5.32 Å². The van der Waals surface area contributed by atoms with Crippen LogP contribution in [0, 0.1) is 12.8 Å². The van der Waals surface area contributed by atoms with E-state index in [4.69, 9.17) is 4.74 Å². The molecule has 0 spiro atoms. The third-order valence-corrected chi connectivity index (χ3v) is 7.06. The number of hydrogen-bond donors (Lipinski definition) is 1. The molecule has 9 heteroatoms. The van der Waals surface area contributed by atoms with Crippen molar-refractivity contribution in [2.45, 2.75) is 65.1 Å². The number of ether oxygens (including phenoxy) is 1. The molecule has 1 atom stereocenters. The van der Waals surface area contributed by atoms with Crippen LogP contribution in [0.3, 0.4) is 0 Å². The number of thioether (sulfide) groups is 1. The molecule has 0 saturated heterocycles. The summed E-state index contributed by atoms with van der Waals surface area (Å²) in [5.41, 5.74) is 1.59. The molecule has 0 aliphatic heterocycles. The first-order valence-electron chi connectivity index (χ1n) is 10.1. The average molecular weight is 437 g/mol. The average Bonchev–Trinajstić information content (AvgIpc) is 3.20. The van der Waals surface area contributed by atoms with Crippen LogP contribution in [0.2, 0.25) is 0 Å². The molecule has 29 heavy (non-hydrogen) atoms. The van der Waals surface area contributed by atoms with Crippen molar-refractivity contribution in [3.63, 3.8) is 0 Å². The predicted molar refractivity (Wildman–Crippen MR) is 116 cm³/mol. The van der Waals surface area contributed by atoms with E-state index in [-0.39, 0.29) is 17.6 Å². The van der Waals surface area contributed by atoms with Gasteiger partial charge in [0, 0.05) is 11.4 Å². The molecule has 0 aromatic carbocycles. The first-order valence-corrected chi connectivity index (χ1v) is 11.9. The Morgan fingerprint density at radius 1 is 1.34 bits per heavy atom. The second-order valence-corrected chi connectivity index (χ2v) is 9.34. The molecule has 3 rings (SSSR count). The highest BCUT2D eigenvalue weighted by atomic mass is 32.2. The molecule has 2 heterocycles. The predicted octanol–water partition coefficient (Wildman–Crippen LogP) is 4.09. The molecule has 158 valence electrons. The Morgan fingerprint density at radius 3 is 2.86 bits per heavy atom. The van der Waals surface area contributed by atoms with Crippen molar-refractivity contribution < 1.29 is 14.3 Å². The summed E-state index contributed by atoms with van der Waals surface area (Å²) in [6.07, 6.45) is 3.81. The van der Waals surface area contributed by atoms with Gasteiger partial charge in [-0.15, -0.1) is 21.5 Å². The van der Waals surface area contributed by atoms with Crippen molar-refractivity contribution in [2.24, 2.45) is 5.92 Å². The molecule has 0 saturated carbocycles. The summed E-state index contributed by atoms with van der Waals surface area (Å²) in [5, 5.41) is 12.6. The van der Waals surface area contributed by atoms with Gasteiger partial charge < -0.3 is 14.6 Å². The Hall–Kier alpha value is -1.87. The largest absolute Gasteiger partial charge is 0.462 e. The smallest absolute Gasteiger partial charge is 0.341 e. The number of aryl methyl sites for hydroxylation is 1. The Labute approximate surface area is 179 Å². The molecule has 1 aliphatic rings. The van der Waals surface area contributed by atoms with Crippen LogP contribution in [0.4, 0.5) is 5.00 Å². The Morgan fingerprint density at radius 2 is 2.14 bits per heavy atom. The molecule has 1 unspecified atom stereocenters. The number of fused-ring (bicyclic) bond motifs is 1. The lowest BCUT2D eigenvalue weighted by molar-refractivity contribution is -0.113. The van der Waals surface area contributed by atoms with Gasteiger partial charge in [0.2, 0.25) is 5.91 Å². The van der Waals surface area contributed by atoms with Crippen LogP contribution in [0.1, 0.15) is 60.2 Å². The Bertz CT molecular complexity index is 891. The normalized spacial score (nSPS) is 15.8. The van der Waals surface area contributed by atoms with E-state index in [2.05, 4.69) is 29.4 Å². The molecular formula is C20H28N4O3S2. The summed E-state index contributed by atoms with van der Waals surface area (Å²) < 4.78 is 7.29. The van der Waals surface area contributed by atoms with Crippen LogP contribution in [0.25, 0.3) is 0 Å². The Kier molecular flexibility index (Phi) is 7.34. The van der Waals surface area contributed by atoms with Crippen molar-refractivity contribution in [2.75, 3.05) is 17.7 Å². The molecule has 2 aromatic rings. The molecule has 7 nitrogen and oxygen atoms in total. The number of rotatable bonds is 8. The van der Waals surface area contributed by atoms with E-state index in [1.54, 1.807) is 6.92 Å². The molecule has 1 aliphatic carbocycles. The number of anilines is 1. The van der Waals surface area contributed by atoms with E-state index in [0.717, 1.165) is 48.8 Å². The lowest BCUT2D eigenvalue weighted by atomic mass is 9.88. The fourth-order valence-corrected chi connectivity index (χ4v) is 5.73. The fourth-order valence-electron chi connectivity index (χ4n) is 3.50. The second kappa shape index (κ2) is 9.75. The summed E-state index contributed by atoms with van der Waals surface area (Å²) in [6.45, 7) is 9.16. The van der Waals surface area contributed by atoms with Gasteiger partial charge in [0.15, 0.2) is 5.16 Å². The number of aromatic nitrogens is 3. The van der Waals surface area contributed by atoms with Gasteiger partial charge >= 0.3 is 5.97 Å². The zero-order valence-electron chi connectivity index (χ0n) is 17.4. The van der Waals surface area contributed by atoms with E-state index in [9.17, 15) is 9.59 Å². The maximum atomic E-state index is 12.6. The van der Waals surface area contributed by atoms with Crippen LogP contribution >= 0.6 is 23.1 Å². The maximum Gasteiger partial charge on any atom is 0.341 e. The summed E-state index contributed by atoms with van der Waals surface area (Å²) in [7, 11) is 0. The van der Waals surface area contributed by atoms with E-state index < -0.39 is 0 Å². The minimum atomic E-state index is -0.346. The Balaban J connectivity index is 1.74. The topological polar surface area (TPSA) is 86.1 Å². The summed E-state index contributed by atoms with van der Waals surface area (Å²) in [4.78, 5) is 26.4. The summed E-state index contributed by atoms with van der Waals surface area (Å²) in [6, 6.07) is 0. The van der Waals surface area contributed by atoms with Gasteiger partial charge in [-0.05, 0) is 51.0 Å².